The smallest absolute Gasteiger partial charge is 0.270 e. The Hall–Kier alpha value is -2.89. The van der Waals surface area contributed by atoms with E-state index in [0.29, 0.717) is 17.7 Å². The molecule has 1 aromatic carbocycles. The molecule has 1 heterocycles. The van der Waals surface area contributed by atoms with Crippen LogP contribution in [0.1, 0.15) is 63.6 Å². The van der Waals surface area contributed by atoms with Gasteiger partial charge in [-0.1, -0.05) is 43.2 Å². The Kier molecular flexibility index (Phi) is 5.51. The molecule has 0 spiro atoms. The molecule has 3 N–H and O–H groups in total. The summed E-state index contributed by atoms with van der Waals surface area (Å²) in [5, 5.41) is 2.89. The molecule has 2 amide bonds. The quantitative estimate of drug-likeness (QED) is 0.835. The number of carbonyl (C=O) groups is 2. The maximum Gasteiger partial charge on any atom is 0.270 e. The van der Waals surface area contributed by atoms with Crippen molar-refractivity contribution in [1.29, 1.82) is 0 Å². The lowest BCUT2D eigenvalue weighted by atomic mass is 9.90. The van der Waals surface area contributed by atoms with Crippen LogP contribution in [0.4, 0.5) is 0 Å². The van der Waals surface area contributed by atoms with Gasteiger partial charge in [-0.2, -0.15) is 0 Å². The molecule has 6 nitrogen and oxygen atoms in total. The summed E-state index contributed by atoms with van der Waals surface area (Å²) in [4.78, 5) is 29.2. The molecule has 2 aromatic rings. The number of primary amides is 1. The van der Waals surface area contributed by atoms with Gasteiger partial charge in [0.1, 0.15) is 5.69 Å². The van der Waals surface area contributed by atoms with E-state index in [-0.39, 0.29) is 23.4 Å². The second kappa shape index (κ2) is 7.99. The molecule has 1 fully saturated rings. The molecule has 1 aliphatic carbocycles. The van der Waals surface area contributed by atoms with E-state index in [2.05, 4.69) is 10.3 Å². The molecule has 26 heavy (non-hydrogen) atoms. The van der Waals surface area contributed by atoms with Crippen molar-refractivity contribution in [1.82, 2.24) is 10.3 Å². The van der Waals surface area contributed by atoms with E-state index >= 15 is 0 Å². The first-order chi connectivity index (χ1) is 12.6. The number of rotatable bonds is 6. The topological polar surface area (TPSA) is 94.3 Å². The fraction of sp³-hybridized carbons (Fsp3) is 0.350. The number of hydrogen-bond acceptors (Lipinski definition) is 4. The molecule has 0 aliphatic heterocycles. The summed E-state index contributed by atoms with van der Waals surface area (Å²) in [5.41, 5.74) is 7.79. The largest absolute Gasteiger partial charge is 0.481 e. The van der Waals surface area contributed by atoms with Crippen molar-refractivity contribution >= 4 is 11.8 Å². The van der Waals surface area contributed by atoms with Gasteiger partial charge in [-0.15, -0.1) is 0 Å². The van der Waals surface area contributed by atoms with Crippen molar-refractivity contribution in [2.45, 2.75) is 38.1 Å². The Morgan fingerprint density at radius 3 is 2.54 bits per heavy atom. The Morgan fingerprint density at radius 1 is 1.23 bits per heavy atom. The number of nitrogens with zero attached hydrogens (tertiary/aromatic N) is 1. The van der Waals surface area contributed by atoms with Gasteiger partial charge in [-0.05, 0) is 29.9 Å². The Bertz CT molecular complexity index is 799. The summed E-state index contributed by atoms with van der Waals surface area (Å²) in [5.74, 6) is -0.555. The summed E-state index contributed by atoms with van der Waals surface area (Å²) < 4.78 is 5.18. The molecule has 0 bridgehead atoms. The van der Waals surface area contributed by atoms with Crippen LogP contribution in [0.5, 0.6) is 5.88 Å². The normalized spacial score (nSPS) is 14.2. The highest BCUT2D eigenvalue weighted by Crippen LogP contribution is 2.38. The molecule has 6 heteroatoms. The van der Waals surface area contributed by atoms with E-state index < -0.39 is 5.91 Å². The van der Waals surface area contributed by atoms with Crippen LogP contribution in [0.3, 0.4) is 0 Å². The Balaban J connectivity index is 1.96. The Labute approximate surface area is 152 Å². The average molecular weight is 353 g/mol. The van der Waals surface area contributed by atoms with Gasteiger partial charge in [0.05, 0.1) is 12.7 Å². The van der Waals surface area contributed by atoms with Gasteiger partial charge < -0.3 is 15.8 Å². The van der Waals surface area contributed by atoms with Crippen molar-refractivity contribution in [3.63, 3.8) is 0 Å². The fourth-order valence-electron chi connectivity index (χ4n) is 3.50. The van der Waals surface area contributed by atoms with E-state index in [1.54, 1.807) is 0 Å². The van der Waals surface area contributed by atoms with Gasteiger partial charge in [0.15, 0.2) is 0 Å². The number of ether oxygens (including phenoxy) is 1. The van der Waals surface area contributed by atoms with Crippen molar-refractivity contribution in [2.75, 3.05) is 7.11 Å². The number of hydrogen-bond donors (Lipinski definition) is 2. The van der Waals surface area contributed by atoms with Crippen LogP contribution in [0.2, 0.25) is 0 Å². The molecule has 1 saturated carbocycles. The van der Waals surface area contributed by atoms with Crippen LogP contribution in [0.15, 0.2) is 36.4 Å². The number of benzene rings is 1. The molecule has 3 rings (SSSR count). The molecule has 0 unspecified atom stereocenters. The second-order valence-corrected chi connectivity index (χ2v) is 6.49. The first kappa shape index (κ1) is 17.9. The monoisotopic (exact) mass is 353 g/mol. The zero-order valence-electron chi connectivity index (χ0n) is 14.8. The maximum absolute atomic E-state index is 12.9. The van der Waals surface area contributed by atoms with Gasteiger partial charge in [0, 0.05) is 12.6 Å². The molecule has 136 valence electrons. The highest BCUT2D eigenvalue weighted by atomic mass is 16.5. The van der Waals surface area contributed by atoms with Crippen LogP contribution in [-0.2, 0) is 6.54 Å². The molecular weight excluding hydrogens is 330 g/mol. The summed E-state index contributed by atoms with van der Waals surface area (Å²) in [7, 11) is 1.45. The van der Waals surface area contributed by atoms with Crippen LogP contribution in [-0.4, -0.2) is 23.9 Å². The summed E-state index contributed by atoms with van der Waals surface area (Å²) in [6.45, 7) is 0.384. The lowest BCUT2D eigenvalue weighted by Crippen LogP contribution is -2.28. The summed E-state index contributed by atoms with van der Waals surface area (Å²) >= 11 is 0. The van der Waals surface area contributed by atoms with E-state index in [1.165, 1.54) is 13.2 Å². The molecule has 1 aromatic heterocycles. The van der Waals surface area contributed by atoms with Gasteiger partial charge in [-0.25, -0.2) is 4.98 Å². The zero-order chi connectivity index (χ0) is 18.5. The minimum absolute atomic E-state index is 0.119. The first-order valence-corrected chi connectivity index (χ1v) is 8.81. The number of nitrogens with one attached hydrogen (secondary N) is 1. The van der Waals surface area contributed by atoms with Gasteiger partial charge in [0.25, 0.3) is 5.91 Å². The van der Waals surface area contributed by atoms with Crippen molar-refractivity contribution in [2.24, 2.45) is 5.73 Å². The average Bonchev–Trinajstić information content (AvgIpc) is 3.20. The standard InChI is InChI=1S/C20H23N3O3/c1-26-16-11-15(19(21)24)17(14-9-5-6-10-14)18(23-16)20(25)22-12-13-7-3-2-4-8-13/h2-4,7-8,11,14H,5-6,9-10,12H2,1H3,(H2,21,24)(H,22,25). The number of methoxy groups -OCH3 is 1. The number of carbonyl (C=O) groups excluding carboxylic acids is 2. The SMILES string of the molecule is COc1cc(C(N)=O)c(C2CCCC2)c(C(=O)NCc2ccccc2)n1. The lowest BCUT2D eigenvalue weighted by Gasteiger charge is -2.18. The lowest BCUT2D eigenvalue weighted by molar-refractivity contribution is 0.0943. The van der Waals surface area contributed by atoms with E-state index in [1.807, 2.05) is 30.3 Å². The van der Waals surface area contributed by atoms with Gasteiger partial charge >= 0.3 is 0 Å². The zero-order valence-corrected chi connectivity index (χ0v) is 14.8. The third-order valence-corrected chi connectivity index (χ3v) is 4.78. The second-order valence-electron chi connectivity index (χ2n) is 6.49. The number of amides is 2. The van der Waals surface area contributed by atoms with Gasteiger partial charge in [0.2, 0.25) is 11.8 Å². The summed E-state index contributed by atoms with van der Waals surface area (Å²) in [6.07, 6.45) is 3.99. The highest BCUT2D eigenvalue weighted by molar-refractivity contribution is 6.01. The van der Waals surface area contributed by atoms with Crippen LogP contribution in [0.25, 0.3) is 0 Å². The van der Waals surface area contributed by atoms with E-state index in [9.17, 15) is 9.59 Å². The molecule has 0 saturated heterocycles. The van der Waals surface area contributed by atoms with Gasteiger partial charge in [-0.3, -0.25) is 9.59 Å². The van der Waals surface area contributed by atoms with Crippen LogP contribution >= 0.6 is 0 Å². The molecule has 0 radical (unpaired) electrons. The molecule has 0 atom stereocenters. The third-order valence-electron chi connectivity index (χ3n) is 4.78. The van der Waals surface area contributed by atoms with E-state index in [0.717, 1.165) is 31.2 Å². The predicted octanol–water partition coefficient (Wildman–Crippen LogP) is 2.78. The van der Waals surface area contributed by atoms with Crippen molar-refractivity contribution in [3.8, 4) is 5.88 Å². The third kappa shape index (κ3) is 3.85. The minimum Gasteiger partial charge on any atom is -0.481 e. The highest BCUT2D eigenvalue weighted by Gasteiger charge is 2.29. The number of pyridine rings is 1. The minimum atomic E-state index is -0.565. The first-order valence-electron chi connectivity index (χ1n) is 8.81. The van der Waals surface area contributed by atoms with Crippen LogP contribution in [0, 0.1) is 0 Å². The predicted molar refractivity (Wildman–Crippen MR) is 98.1 cm³/mol. The van der Waals surface area contributed by atoms with Crippen LogP contribution < -0.4 is 15.8 Å². The van der Waals surface area contributed by atoms with E-state index in [4.69, 9.17) is 10.5 Å². The maximum atomic E-state index is 12.9. The van der Waals surface area contributed by atoms with Crippen molar-refractivity contribution in [3.05, 3.63) is 58.8 Å². The Morgan fingerprint density at radius 2 is 1.92 bits per heavy atom. The van der Waals surface area contributed by atoms with Crippen molar-refractivity contribution < 1.29 is 14.3 Å². The number of nitrogens with two attached hydrogens (primary N) is 1. The molecular formula is C20H23N3O3. The molecule has 1 aliphatic rings. The number of aromatic nitrogens is 1. The summed E-state index contributed by atoms with van der Waals surface area (Å²) in [6, 6.07) is 11.2. The fourth-order valence-corrected chi connectivity index (χ4v) is 3.50.